The number of hydrogen-bond donors (Lipinski definition) is 0. The SMILES string of the molecule is CCCCCCCCC/C=C1\SC(N2CCOCC2)=NC1=O. The topological polar surface area (TPSA) is 41.9 Å². The van der Waals surface area contributed by atoms with Crippen LogP contribution < -0.4 is 0 Å². The third-order valence-corrected chi connectivity index (χ3v) is 5.12. The summed E-state index contributed by atoms with van der Waals surface area (Å²) in [5.41, 5.74) is 0. The molecule has 0 unspecified atom stereocenters. The second-order valence-corrected chi connectivity index (χ2v) is 6.89. The summed E-state index contributed by atoms with van der Waals surface area (Å²) in [5, 5.41) is 0.860. The van der Waals surface area contributed by atoms with E-state index in [1.807, 2.05) is 0 Å². The third kappa shape index (κ3) is 5.76. The smallest absolute Gasteiger partial charge is 0.285 e. The Morgan fingerprint density at radius 1 is 1.14 bits per heavy atom. The van der Waals surface area contributed by atoms with Crippen LogP contribution in [0.15, 0.2) is 16.0 Å². The van der Waals surface area contributed by atoms with E-state index in [9.17, 15) is 4.79 Å². The average Bonchev–Trinajstić information content (AvgIpc) is 2.92. The van der Waals surface area contributed by atoms with Gasteiger partial charge in [0.15, 0.2) is 5.17 Å². The van der Waals surface area contributed by atoms with Gasteiger partial charge < -0.3 is 9.64 Å². The number of morpholine rings is 1. The van der Waals surface area contributed by atoms with Gasteiger partial charge in [-0.2, -0.15) is 4.99 Å². The van der Waals surface area contributed by atoms with Crippen LogP contribution in [-0.4, -0.2) is 42.3 Å². The molecule has 0 radical (unpaired) electrons. The zero-order chi connectivity index (χ0) is 15.6. The molecule has 2 rings (SSSR count). The first-order valence-corrected chi connectivity index (χ1v) is 9.46. The Morgan fingerprint density at radius 2 is 1.82 bits per heavy atom. The highest BCUT2D eigenvalue weighted by atomic mass is 32.2. The van der Waals surface area contributed by atoms with Gasteiger partial charge in [0.05, 0.1) is 18.1 Å². The molecule has 4 nitrogen and oxygen atoms in total. The molecule has 124 valence electrons. The quantitative estimate of drug-likeness (QED) is 0.500. The summed E-state index contributed by atoms with van der Waals surface area (Å²) in [4.78, 5) is 19.1. The number of hydrogen-bond acceptors (Lipinski definition) is 4. The zero-order valence-electron chi connectivity index (χ0n) is 13.7. The first-order valence-electron chi connectivity index (χ1n) is 8.65. The van der Waals surface area contributed by atoms with Gasteiger partial charge >= 0.3 is 0 Å². The summed E-state index contributed by atoms with van der Waals surface area (Å²) in [6.45, 7) is 5.37. The van der Waals surface area contributed by atoms with Crippen molar-refractivity contribution < 1.29 is 9.53 Å². The highest BCUT2D eigenvalue weighted by molar-refractivity contribution is 8.18. The monoisotopic (exact) mass is 324 g/mol. The van der Waals surface area contributed by atoms with Crippen LogP contribution in [0.25, 0.3) is 0 Å². The predicted octanol–water partition coefficient (Wildman–Crippen LogP) is 3.97. The van der Waals surface area contributed by atoms with E-state index in [-0.39, 0.29) is 5.91 Å². The van der Waals surface area contributed by atoms with Gasteiger partial charge in [-0.3, -0.25) is 4.79 Å². The van der Waals surface area contributed by atoms with E-state index in [1.54, 1.807) is 0 Å². The number of aliphatic imine (C=N–C) groups is 1. The molecule has 2 aliphatic heterocycles. The van der Waals surface area contributed by atoms with Crippen LogP contribution >= 0.6 is 11.8 Å². The van der Waals surface area contributed by atoms with Crippen LogP contribution in [0.3, 0.4) is 0 Å². The molecule has 22 heavy (non-hydrogen) atoms. The summed E-state index contributed by atoms with van der Waals surface area (Å²) in [6, 6.07) is 0. The molecule has 2 aliphatic rings. The molecular weight excluding hydrogens is 296 g/mol. The largest absolute Gasteiger partial charge is 0.378 e. The van der Waals surface area contributed by atoms with Gasteiger partial charge in [-0.15, -0.1) is 0 Å². The number of rotatable bonds is 8. The van der Waals surface area contributed by atoms with E-state index in [0.717, 1.165) is 42.8 Å². The van der Waals surface area contributed by atoms with Crippen molar-refractivity contribution >= 4 is 22.8 Å². The van der Waals surface area contributed by atoms with Crippen LogP contribution in [0.2, 0.25) is 0 Å². The van der Waals surface area contributed by atoms with Crippen molar-refractivity contribution in [3.8, 4) is 0 Å². The zero-order valence-corrected chi connectivity index (χ0v) is 14.5. The van der Waals surface area contributed by atoms with E-state index in [1.165, 1.54) is 56.7 Å². The number of thioether (sulfide) groups is 1. The molecule has 2 heterocycles. The third-order valence-electron chi connectivity index (χ3n) is 4.03. The molecule has 0 aromatic rings. The van der Waals surface area contributed by atoms with E-state index < -0.39 is 0 Å². The molecule has 5 heteroatoms. The number of ether oxygens (including phenoxy) is 1. The number of carbonyl (C=O) groups is 1. The van der Waals surface area contributed by atoms with Gasteiger partial charge in [0, 0.05) is 13.1 Å². The van der Waals surface area contributed by atoms with Crippen molar-refractivity contribution in [3.05, 3.63) is 11.0 Å². The minimum Gasteiger partial charge on any atom is -0.378 e. The average molecular weight is 324 g/mol. The Bertz CT molecular complexity index is 415. The number of amidine groups is 1. The maximum atomic E-state index is 11.9. The van der Waals surface area contributed by atoms with Crippen molar-refractivity contribution in [1.29, 1.82) is 0 Å². The molecular formula is C17H28N2O2S. The predicted molar refractivity (Wildman–Crippen MR) is 93.1 cm³/mol. The van der Waals surface area contributed by atoms with E-state index in [0.29, 0.717) is 0 Å². The van der Waals surface area contributed by atoms with Gasteiger partial charge in [0.2, 0.25) is 0 Å². The minimum absolute atomic E-state index is 0.0607. The normalized spacial score (nSPS) is 20.8. The molecule has 0 aromatic carbocycles. The van der Waals surface area contributed by atoms with Crippen LogP contribution in [0.5, 0.6) is 0 Å². The lowest BCUT2D eigenvalue weighted by Gasteiger charge is -2.27. The number of amides is 1. The van der Waals surface area contributed by atoms with Crippen molar-refractivity contribution in [2.45, 2.75) is 58.3 Å². The molecule has 0 saturated carbocycles. The molecule has 0 atom stereocenters. The summed E-state index contributed by atoms with van der Waals surface area (Å²) in [7, 11) is 0. The standard InChI is InChI=1S/C17H28N2O2S/c1-2-3-4-5-6-7-8-9-10-15-16(20)18-17(22-15)19-11-13-21-14-12-19/h10H,2-9,11-14H2,1H3/b15-10-. The van der Waals surface area contributed by atoms with Gasteiger partial charge in [-0.05, 0) is 24.6 Å². The molecule has 0 spiro atoms. The summed E-state index contributed by atoms with van der Waals surface area (Å²) in [5.74, 6) is -0.0607. The maximum absolute atomic E-state index is 11.9. The van der Waals surface area contributed by atoms with Crippen molar-refractivity contribution in [3.63, 3.8) is 0 Å². The van der Waals surface area contributed by atoms with Gasteiger partial charge in [-0.1, -0.05) is 51.5 Å². The molecule has 0 N–H and O–H groups in total. The Morgan fingerprint density at radius 3 is 2.55 bits per heavy atom. The highest BCUT2D eigenvalue weighted by Crippen LogP contribution is 2.29. The molecule has 0 bridgehead atoms. The summed E-state index contributed by atoms with van der Waals surface area (Å²) < 4.78 is 5.33. The highest BCUT2D eigenvalue weighted by Gasteiger charge is 2.26. The first kappa shape index (κ1) is 17.5. The lowest BCUT2D eigenvalue weighted by atomic mass is 10.1. The molecule has 0 aromatic heterocycles. The number of nitrogens with zero attached hydrogens (tertiary/aromatic N) is 2. The first-order chi connectivity index (χ1) is 10.8. The van der Waals surface area contributed by atoms with E-state index >= 15 is 0 Å². The molecule has 1 fully saturated rings. The number of allylic oxidation sites excluding steroid dienone is 1. The van der Waals surface area contributed by atoms with E-state index in [2.05, 4.69) is 22.9 Å². The fourth-order valence-corrected chi connectivity index (χ4v) is 3.63. The van der Waals surface area contributed by atoms with Crippen LogP contribution in [-0.2, 0) is 9.53 Å². The van der Waals surface area contributed by atoms with E-state index in [4.69, 9.17) is 4.74 Å². The Kier molecular flexibility index (Phi) is 8.02. The van der Waals surface area contributed by atoms with Crippen molar-refractivity contribution in [2.24, 2.45) is 4.99 Å². The number of carbonyl (C=O) groups excluding carboxylic acids is 1. The fourth-order valence-electron chi connectivity index (χ4n) is 2.66. The number of unbranched alkanes of at least 4 members (excludes halogenated alkanes) is 7. The molecule has 0 aliphatic carbocycles. The van der Waals surface area contributed by atoms with Crippen molar-refractivity contribution in [2.75, 3.05) is 26.3 Å². The summed E-state index contributed by atoms with van der Waals surface area (Å²) >= 11 is 1.53. The van der Waals surface area contributed by atoms with Crippen LogP contribution in [0.1, 0.15) is 58.3 Å². The molecule has 1 amide bonds. The fraction of sp³-hybridized carbons (Fsp3) is 0.765. The minimum atomic E-state index is -0.0607. The maximum Gasteiger partial charge on any atom is 0.285 e. The Balaban J connectivity index is 1.63. The molecule has 1 saturated heterocycles. The summed E-state index contributed by atoms with van der Waals surface area (Å²) in [6.07, 6.45) is 12.2. The second-order valence-electron chi connectivity index (χ2n) is 5.88. The van der Waals surface area contributed by atoms with Crippen LogP contribution in [0, 0.1) is 0 Å². The lowest BCUT2D eigenvalue weighted by molar-refractivity contribution is -0.113. The van der Waals surface area contributed by atoms with Gasteiger partial charge in [0.1, 0.15) is 0 Å². The van der Waals surface area contributed by atoms with Gasteiger partial charge in [-0.25, -0.2) is 0 Å². The lowest BCUT2D eigenvalue weighted by Crippen LogP contribution is -2.38. The van der Waals surface area contributed by atoms with Crippen molar-refractivity contribution in [1.82, 2.24) is 4.90 Å². The Hall–Kier alpha value is -0.810. The van der Waals surface area contributed by atoms with Gasteiger partial charge in [0.25, 0.3) is 5.91 Å². The van der Waals surface area contributed by atoms with Crippen LogP contribution in [0.4, 0.5) is 0 Å². The second kappa shape index (κ2) is 10.1. The Labute approximate surface area is 138 Å².